The molecule has 0 bridgehead atoms. The van der Waals surface area contributed by atoms with Crippen molar-refractivity contribution < 1.29 is 77.2 Å². The number of anilines is 7. The van der Waals surface area contributed by atoms with Gasteiger partial charge in [0, 0.05) is 85.4 Å². The highest BCUT2D eigenvalue weighted by atomic mass is 16.5. The van der Waals surface area contributed by atoms with E-state index in [9.17, 15) is 52.7 Å². The first-order chi connectivity index (χ1) is 42.0. The van der Waals surface area contributed by atoms with Crippen LogP contribution in [0.2, 0.25) is 0 Å². The van der Waals surface area contributed by atoms with Crippen molar-refractivity contribution >= 4 is 105 Å². The van der Waals surface area contributed by atoms with Gasteiger partial charge in [-0.3, -0.25) is 48.5 Å². The number of esters is 2. The summed E-state index contributed by atoms with van der Waals surface area (Å²) in [5.41, 5.74) is 5.31. The molecule has 0 aliphatic carbocycles. The summed E-state index contributed by atoms with van der Waals surface area (Å²) in [7, 11) is 4.08. The molecule has 4 aromatic heterocycles. The van der Waals surface area contributed by atoms with Gasteiger partial charge in [0.05, 0.1) is 43.6 Å². The van der Waals surface area contributed by atoms with Crippen molar-refractivity contribution in [3.63, 3.8) is 0 Å². The second-order valence-electron chi connectivity index (χ2n) is 17.6. The Labute approximate surface area is 500 Å². The molecule has 0 saturated heterocycles. The average molecular weight is 1200 g/mol. The molecule has 0 aliphatic heterocycles. The molecule has 0 saturated carbocycles. The first kappa shape index (κ1) is 66.3. The number of nitrogens with zero attached hydrogens (tertiary/aromatic N) is 4. The lowest BCUT2D eigenvalue weighted by atomic mass is 10.2. The van der Waals surface area contributed by atoms with Gasteiger partial charge >= 0.3 is 23.9 Å². The van der Waals surface area contributed by atoms with Crippen molar-refractivity contribution in [3.8, 4) is 5.75 Å². The van der Waals surface area contributed by atoms with Gasteiger partial charge in [0.25, 0.3) is 23.6 Å². The van der Waals surface area contributed by atoms with Gasteiger partial charge in [-0.1, -0.05) is 0 Å². The summed E-state index contributed by atoms with van der Waals surface area (Å²) in [4.78, 5) is 140. The molecule has 0 fully saturated rings. The molecular formula is C61H55N11O16. The second-order valence-corrected chi connectivity index (χ2v) is 17.6. The van der Waals surface area contributed by atoms with E-state index in [1.54, 1.807) is 104 Å². The van der Waals surface area contributed by atoms with E-state index in [1.165, 1.54) is 95.9 Å². The average Bonchev–Trinajstić information content (AvgIpc) is 3.54. The highest BCUT2D eigenvalue weighted by Gasteiger charge is 2.15. The Balaban J connectivity index is 0.000000221. The van der Waals surface area contributed by atoms with Gasteiger partial charge in [0.15, 0.2) is 0 Å². The number of hydrogen-bond donors (Lipinski definition) is 9. The van der Waals surface area contributed by atoms with Crippen LogP contribution in [-0.2, 0) is 23.9 Å². The second kappa shape index (κ2) is 32.9. The van der Waals surface area contributed by atoms with Crippen molar-refractivity contribution in [2.24, 2.45) is 0 Å². The number of methoxy groups -OCH3 is 3. The predicted octanol–water partition coefficient (Wildman–Crippen LogP) is 8.19. The summed E-state index contributed by atoms with van der Waals surface area (Å²) in [5, 5.41) is 35.9. The molecule has 7 amide bonds. The molecule has 0 unspecified atom stereocenters. The van der Waals surface area contributed by atoms with E-state index in [0.29, 0.717) is 51.1 Å². The number of rotatable bonds is 16. The Morgan fingerprint density at radius 1 is 0.307 bits per heavy atom. The van der Waals surface area contributed by atoms with Crippen molar-refractivity contribution in [1.29, 1.82) is 0 Å². The minimum absolute atomic E-state index is 0.0104. The van der Waals surface area contributed by atoms with E-state index in [2.05, 4.69) is 66.6 Å². The van der Waals surface area contributed by atoms with Crippen LogP contribution in [-0.4, -0.2) is 117 Å². The third kappa shape index (κ3) is 21.6. The van der Waals surface area contributed by atoms with Crippen molar-refractivity contribution in [3.05, 3.63) is 215 Å². The van der Waals surface area contributed by atoms with Gasteiger partial charge in [0.2, 0.25) is 17.7 Å². The SMILES string of the molecule is CC(=O)Nc1ccc(NC(=O)c2ccc(C(=O)O)cn2)cc1.COC(=O)c1ccc(C(=O)Nc2ccc(NC(C)=O)cc2)nc1.COC(=O)c1ccc(C(=O)O)nc1.COc1ccc(NC(=O)c2ccc(C(=O)Nc3ccc(NC(C)=O)cc3)nc2)cc1. The van der Waals surface area contributed by atoms with Gasteiger partial charge in [-0.2, -0.15) is 0 Å². The number of hydrogen-bond acceptors (Lipinski definition) is 18. The zero-order chi connectivity index (χ0) is 64.3. The molecule has 4 aromatic carbocycles. The van der Waals surface area contributed by atoms with Crippen molar-refractivity contribution in [1.82, 2.24) is 19.9 Å². The Bertz CT molecular complexity index is 3780. The van der Waals surface area contributed by atoms with Crippen molar-refractivity contribution in [2.45, 2.75) is 20.8 Å². The van der Waals surface area contributed by atoms with Crippen LogP contribution in [0.25, 0.3) is 0 Å². The number of aromatic nitrogens is 4. The van der Waals surface area contributed by atoms with Crippen LogP contribution < -0.4 is 42.0 Å². The first-order valence-corrected chi connectivity index (χ1v) is 25.5. The molecule has 88 heavy (non-hydrogen) atoms. The van der Waals surface area contributed by atoms with E-state index in [1.807, 2.05) is 0 Å². The maximum Gasteiger partial charge on any atom is 0.354 e. The van der Waals surface area contributed by atoms with Gasteiger partial charge in [-0.25, -0.2) is 24.2 Å². The Morgan fingerprint density at radius 3 is 0.818 bits per heavy atom. The molecule has 8 aromatic rings. The fraction of sp³-hybridized carbons (Fsp3) is 0.0984. The number of nitrogens with one attached hydrogen (secondary N) is 7. The van der Waals surface area contributed by atoms with Crippen LogP contribution in [0.5, 0.6) is 5.75 Å². The molecular weight excluding hydrogens is 1140 g/mol. The van der Waals surface area contributed by atoms with Gasteiger partial charge < -0.3 is 61.6 Å². The number of carbonyl (C=O) groups is 11. The lowest BCUT2D eigenvalue weighted by Crippen LogP contribution is -2.16. The summed E-state index contributed by atoms with van der Waals surface area (Å²) in [6.45, 7) is 4.24. The summed E-state index contributed by atoms with van der Waals surface area (Å²) >= 11 is 0. The predicted molar refractivity (Wildman–Crippen MR) is 321 cm³/mol. The lowest BCUT2D eigenvalue weighted by molar-refractivity contribution is -0.115. The summed E-state index contributed by atoms with van der Waals surface area (Å²) in [6.07, 6.45) is 4.90. The molecule has 4 heterocycles. The van der Waals surface area contributed by atoms with E-state index < -0.39 is 41.6 Å². The zero-order valence-electron chi connectivity index (χ0n) is 47.6. The number of carboxylic acid groups (broad SMARTS) is 2. The highest BCUT2D eigenvalue weighted by Crippen LogP contribution is 2.19. The van der Waals surface area contributed by atoms with Gasteiger partial charge in [-0.05, 0) is 146 Å². The number of pyridine rings is 4. The van der Waals surface area contributed by atoms with E-state index in [-0.39, 0.29) is 63.1 Å². The quantitative estimate of drug-likeness (QED) is 0.0411. The van der Waals surface area contributed by atoms with Gasteiger partial charge in [-0.15, -0.1) is 0 Å². The van der Waals surface area contributed by atoms with Crippen LogP contribution in [0.1, 0.15) is 104 Å². The standard InChI is InChI=1S/C22H20N4O4.C16H15N3O4.C15H13N3O4.C8H7NO4/c1-14(27)24-16-4-6-17(7-5-16)26-22(29)20-12-3-15(13-23-20)21(28)25-18-8-10-19(30-2)11-9-18;1-10(20)18-12-4-6-13(7-5-12)19-15(21)14-8-3-11(9-17-14)16(22)23-2;1-9(19)17-11-3-5-12(6-4-11)18-14(20)13-7-2-10(8-16-13)15(21)22;1-13-8(12)5-2-3-6(7(10)11)9-4-5/h3-13H,1-2H3,(H,24,27)(H,25,28)(H,26,29);3-9H,1-2H3,(H,18,20)(H,19,21);2-8H,1H3,(H,17,19)(H,18,20)(H,21,22);2-4H,1H3,(H,10,11). The normalized spacial score (nSPS) is 9.84. The fourth-order valence-corrected chi connectivity index (χ4v) is 6.83. The number of benzene rings is 4. The molecule has 27 nitrogen and oxygen atoms in total. The number of amides is 7. The third-order valence-corrected chi connectivity index (χ3v) is 11.1. The number of carbonyl (C=O) groups excluding carboxylic acids is 9. The van der Waals surface area contributed by atoms with E-state index in [4.69, 9.17) is 14.9 Å². The zero-order valence-corrected chi connectivity index (χ0v) is 47.6. The Hall–Kier alpha value is -12.6. The fourth-order valence-electron chi connectivity index (χ4n) is 6.83. The summed E-state index contributed by atoms with van der Waals surface area (Å²) in [5.74, 6) is -4.74. The van der Waals surface area contributed by atoms with Crippen LogP contribution in [0.3, 0.4) is 0 Å². The smallest absolute Gasteiger partial charge is 0.354 e. The Morgan fingerprint density at radius 2 is 0.568 bits per heavy atom. The summed E-state index contributed by atoms with van der Waals surface area (Å²) in [6, 6.07) is 38.0. The monoisotopic (exact) mass is 1200 g/mol. The van der Waals surface area contributed by atoms with E-state index >= 15 is 0 Å². The van der Waals surface area contributed by atoms with Gasteiger partial charge in [0.1, 0.15) is 28.5 Å². The van der Waals surface area contributed by atoms with Crippen molar-refractivity contribution in [2.75, 3.05) is 58.5 Å². The molecule has 450 valence electrons. The highest BCUT2D eigenvalue weighted by molar-refractivity contribution is 6.07. The molecule has 0 spiro atoms. The maximum atomic E-state index is 12.4. The first-order valence-electron chi connectivity index (χ1n) is 25.5. The maximum absolute atomic E-state index is 12.4. The largest absolute Gasteiger partial charge is 0.497 e. The molecule has 0 radical (unpaired) electrons. The minimum atomic E-state index is -1.13. The number of ether oxygens (including phenoxy) is 3. The molecule has 27 heteroatoms. The van der Waals surface area contributed by atoms with Crippen LogP contribution in [0.15, 0.2) is 170 Å². The van der Waals surface area contributed by atoms with Crippen LogP contribution in [0.4, 0.5) is 39.8 Å². The number of aromatic carboxylic acids is 2. The topological polar surface area (TPSA) is 392 Å². The van der Waals surface area contributed by atoms with Crippen LogP contribution >= 0.6 is 0 Å². The molecule has 8 rings (SSSR count). The Kier molecular flexibility index (Phi) is 24.8. The summed E-state index contributed by atoms with van der Waals surface area (Å²) < 4.78 is 14.1. The molecule has 0 aliphatic rings. The minimum Gasteiger partial charge on any atom is -0.497 e. The molecule has 9 N–H and O–H groups in total. The third-order valence-electron chi connectivity index (χ3n) is 11.1. The van der Waals surface area contributed by atoms with Crippen LogP contribution in [0, 0.1) is 0 Å². The molecule has 0 atom stereocenters. The number of carboxylic acids is 2. The lowest BCUT2D eigenvalue weighted by Gasteiger charge is -2.08. The van der Waals surface area contributed by atoms with E-state index in [0.717, 1.165) is 12.4 Å².